The largest absolute Gasteiger partial charge is 0.496 e. The number of ether oxygens (including phenoxy) is 2. The summed E-state index contributed by atoms with van der Waals surface area (Å²) in [5.74, 6) is 1.40. The van der Waals surface area contributed by atoms with E-state index in [1.165, 1.54) is 0 Å². The highest BCUT2D eigenvalue weighted by molar-refractivity contribution is 5.99. The van der Waals surface area contributed by atoms with E-state index < -0.39 is 5.41 Å². The molecule has 1 amide bonds. The van der Waals surface area contributed by atoms with E-state index in [0.717, 1.165) is 17.0 Å². The molecule has 0 unspecified atom stereocenters. The first kappa shape index (κ1) is 17.9. The maximum absolute atomic E-state index is 12.8. The van der Waals surface area contributed by atoms with Crippen LogP contribution >= 0.6 is 0 Å². The van der Waals surface area contributed by atoms with Gasteiger partial charge in [-0.1, -0.05) is 18.2 Å². The van der Waals surface area contributed by atoms with Gasteiger partial charge in [-0.05, 0) is 58.0 Å². The topological polar surface area (TPSA) is 47.6 Å². The van der Waals surface area contributed by atoms with Crippen LogP contribution in [0.15, 0.2) is 48.5 Å². The van der Waals surface area contributed by atoms with Crippen molar-refractivity contribution in [1.29, 1.82) is 0 Å². The maximum Gasteiger partial charge on any atom is 0.234 e. The summed E-state index contributed by atoms with van der Waals surface area (Å²) in [7, 11) is 1.61. The summed E-state index contributed by atoms with van der Waals surface area (Å²) in [6.07, 6.45) is 0.120. The first-order chi connectivity index (χ1) is 11.3. The first-order valence-electron chi connectivity index (χ1n) is 8.06. The zero-order chi connectivity index (χ0) is 17.7. The highest BCUT2D eigenvalue weighted by atomic mass is 16.5. The monoisotopic (exact) mass is 327 g/mol. The van der Waals surface area contributed by atoms with Gasteiger partial charge in [-0.15, -0.1) is 0 Å². The number of methoxy groups -OCH3 is 1. The number of para-hydroxylation sites is 1. The van der Waals surface area contributed by atoms with Gasteiger partial charge in [0.1, 0.15) is 11.5 Å². The van der Waals surface area contributed by atoms with Crippen LogP contribution in [0.2, 0.25) is 0 Å². The van der Waals surface area contributed by atoms with Crippen molar-refractivity contribution in [2.75, 3.05) is 12.4 Å². The third-order valence-corrected chi connectivity index (χ3v) is 3.83. The normalized spacial score (nSPS) is 11.2. The minimum absolute atomic E-state index is 0.0930. The molecule has 0 aliphatic carbocycles. The third kappa shape index (κ3) is 4.07. The van der Waals surface area contributed by atoms with E-state index in [2.05, 4.69) is 5.32 Å². The Balaban J connectivity index is 2.16. The molecule has 1 N–H and O–H groups in total. The van der Waals surface area contributed by atoms with E-state index in [4.69, 9.17) is 9.47 Å². The predicted molar refractivity (Wildman–Crippen MR) is 96.9 cm³/mol. The van der Waals surface area contributed by atoms with E-state index in [9.17, 15) is 4.79 Å². The molecule has 24 heavy (non-hydrogen) atoms. The second kappa shape index (κ2) is 7.39. The molecule has 0 aliphatic heterocycles. The van der Waals surface area contributed by atoms with Gasteiger partial charge in [0.05, 0.1) is 18.6 Å². The van der Waals surface area contributed by atoms with E-state index in [1.807, 2.05) is 76.2 Å². The van der Waals surface area contributed by atoms with Gasteiger partial charge in [-0.3, -0.25) is 4.79 Å². The fraction of sp³-hybridized carbons (Fsp3) is 0.350. The van der Waals surface area contributed by atoms with Crippen LogP contribution in [-0.4, -0.2) is 19.1 Å². The van der Waals surface area contributed by atoms with Crippen molar-refractivity contribution in [2.45, 2.75) is 39.2 Å². The second-order valence-electron chi connectivity index (χ2n) is 6.47. The molecule has 128 valence electrons. The lowest BCUT2D eigenvalue weighted by atomic mass is 9.83. The SMILES string of the molecule is COc1ccccc1C(C)(C)C(=O)Nc1ccc(OC(C)C)cc1. The third-order valence-electron chi connectivity index (χ3n) is 3.83. The number of rotatable bonds is 6. The fourth-order valence-electron chi connectivity index (χ4n) is 2.46. The second-order valence-corrected chi connectivity index (χ2v) is 6.47. The van der Waals surface area contributed by atoms with Crippen molar-refractivity contribution < 1.29 is 14.3 Å². The van der Waals surface area contributed by atoms with Gasteiger partial charge < -0.3 is 14.8 Å². The Labute approximate surface area is 143 Å². The van der Waals surface area contributed by atoms with Crippen LogP contribution in [0.4, 0.5) is 5.69 Å². The van der Waals surface area contributed by atoms with Crippen LogP contribution in [0.1, 0.15) is 33.3 Å². The van der Waals surface area contributed by atoms with Gasteiger partial charge in [0.15, 0.2) is 0 Å². The molecular formula is C20H25NO3. The van der Waals surface area contributed by atoms with Crippen molar-refractivity contribution in [2.24, 2.45) is 0 Å². The molecule has 2 rings (SSSR count). The number of hydrogen-bond acceptors (Lipinski definition) is 3. The number of nitrogens with one attached hydrogen (secondary N) is 1. The van der Waals surface area contributed by atoms with Crippen LogP contribution in [0.5, 0.6) is 11.5 Å². The van der Waals surface area contributed by atoms with Gasteiger partial charge in [-0.2, -0.15) is 0 Å². The minimum Gasteiger partial charge on any atom is -0.496 e. The quantitative estimate of drug-likeness (QED) is 0.855. The molecule has 0 aromatic heterocycles. The van der Waals surface area contributed by atoms with E-state index in [0.29, 0.717) is 5.75 Å². The van der Waals surface area contributed by atoms with Crippen LogP contribution in [0.3, 0.4) is 0 Å². The first-order valence-corrected chi connectivity index (χ1v) is 8.06. The number of amides is 1. The van der Waals surface area contributed by atoms with E-state index in [-0.39, 0.29) is 12.0 Å². The van der Waals surface area contributed by atoms with Gasteiger partial charge in [0, 0.05) is 11.3 Å². The summed E-state index contributed by atoms with van der Waals surface area (Å²) < 4.78 is 11.0. The summed E-state index contributed by atoms with van der Waals surface area (Å²) in [4.78, 5) is 12.8. The predicted octanol–water partition coefficient (Wildman–Crippen LogP) is 4.40. The average molecular weight is 327 g/mol. The van der Waals surface area contributed by atoms with Gasteiger partial charge in [-0.25, -0.2) is 0 Å². The Bertz CT molecular complexity index is 690. The Morgan fingerprint density at radius 1 is 1.04 bits per heavy atom. The summed E-state index contributed by atoms with van der Waals surface area (Å²) in [6, 6.07) is 15.0. The molecule has 4 nitrogen and oxygen atoms in total. The molecule has 0 saturated heterocycles. The van der Waals surface area contributed by atoms with Crippen molar-refractivity contribution in [1.82, 2.24) is 0 Å². The lowest BCUT2D eigenvalue weighted by molar-refractivity contribution is -0.120. The standard InChI is InChI=1S/C20H25NO3/c1-14(2)24-16-12-10-15(11-13-16)21-19(22)20(3,4)17-8-6-7-9-18(17)23-5/h6-14H,1-5H3,(H,21,22). The molecule has 0 bridgehead atoms. The van der Waals surface area contributed by atoms with E-state index >= 15 is 0 Å². The highest BCUT2D eigenvalue weighted by Gasteiger charge is 2.32. The van der Waals surface area contributed by atoms with Crippen LogP contribution < -0.4 is 14.8 Å². The number of carbonyl (C=O) groups excluding carboxylic acids is 1. The summed E-state index contributed by atoms with van der Waals surface area (Å²) in [6.45, 7) is 7.73. The Hall–Kier alpha value is -2.49. The molecule has 0 atom stereocenters. The Kier molecular flexibility index (Phi) is 5.50. The zero-order valence-corrected chi connectivity index (χ0v) is 14.9. The zero-order valence-electron chi connectivity index (χ0n) is 14.9. The van der Waals surface area contributed by atoms with Crippen molar-refractivity contribution in [3.8, 4) is 11.5 Å². The van der Waals surface area contributed by atoms with Crippen LogP contribution in [-0.2, 0) is 10.2 Å². The smallest absolute Gasteiger partial charge is 0.234 e. The lowest BCUT2D eigenvalue weighted by Crippen LogP contribution is -2.35. The lowest BCUT2D eigenvalue weighted by Gasteiger charge is -2.26. The molecule has 0 heterocycles. The molecule has 0 fully saturated rings. The molecule has 2 aromatic rings. The van der Waals surface area contributed by atoms with Crippen molar-refractivity contribution in [3.05, 3.63) is 54.1 Å². The maximum atomic E-state index is 12.8. The minimum atomic E-state index is -0.723. The van der Waals surface area contributed by atoms with Crippen molar-refractivity contribution in [3.63, 3.8) is 0 Å². The number of benzene rings is 2. The number of carbonyl (C=O) groups is 1. The van der Waals surface area contributed by atoms with Crippen LogP contribution in [0, 0.1) is 0 Å². The molecule has 0 radical (unpaired) electrons. The molecule has 2 aromatic carbocycles. The van der Waals surface area contributed by atoms with E-state index in [1.54, 1.807) is 7.11 Å². The summed E-state index contributed by atoms with van der Waals surface area (Å²) in [5, 5.41) is 2.96. The van der Waals surface area contributed by atoms with Gasteiger partial charge in [0.2, 0.25) is 5.91 Å². The van der Waals surface area contributed by atoms with Gasteiger partial charge in [0.25, 0.3) is 0 Å². The fourth-order valence-corrected chi connectivity index (χ4v) is 2.46. The molecule has 0 spiro atoms. The number of anilines is 1. The molecule has 4 heteroatoms. The average Bonchev–Trinajstić information content (AvgIpc) is 2.56. The molecular weight excluding hydrogens is 302 g/mol. The molecule has 0 aliphatic rings. The number of hydrogen-bond donors (Lipinski definition) is 1. The molecule has 0 saturated carbocycles. The van der Waals surface area contributed by atoms with Crippen LogP contribution in [0.25, 0.3) is 0 Å². The summed E-state index contributed by atoms with van der Waals surface area (Å²) >= 11 is 0. The Morgan fingerprint density at radius 3 is 2.25 bits per heavy atom. The highest BCUT2D eigenvalue weighted by Crippen LogP contribution is 2.32. The Morgan fingerprint density at radius 2 is 1.67 bits per heavy atom. The van der Waals surface area contributed by atoms with Crippen molar-refractivity contribution >= 4 is 11.6 Å². The van der Waals surface area contributed by atoms with Gasteiger partial charge >= 0.3 is 0 Å². The summed E-state index contributed by atoms with van der Waals surface area (Å²) in [5.41, 5.74) is 0.864.